The van der Waals surface area contributed by atoms with Crippen LogP contribution in [0.2, 0.25) is 0 Å². The smallest absolute Gasteiger partial charge is 0.303 e. The molecule has 0 aliphatic carbocycles. The lowest BCUT2D eigenvalue weighted by atomic mass is 9.98. The summed E-state index contributed by atoms with van der Waals surface area (Å²) in [5.74, 6) is -2.26. The molecule has 1 aliphatic rings. The molecule has 1 aromatic rings. The van der Waals surface area contributed by atoms with Crippen molar-refractivity contribution in [3.05, 3.63) is 29.8 Å². The molecule has 33 heavy (non-hydrogen) atoms. The highest BCUT2D eigenvalue weighted by molar-refractivity contribution is 5.68. The standard InChI is InChI=1S/C23H30O10/c1-6-7-17-8-10-18(11-9-17)32-23-22(31-16(5)27)21(30-15(4)26)20(29-14(3)25)19(33-23)12-28-13(2)24/h8-11,19-23H,6-7,12H2,1-5H3/t19-,20-,21+,22-,23-/m1/s1. The molecule has 1 saturated heterocycles. The molecule has 1 heterocycles. The molecule has 0 saturated carbocycles. The lowest BCUT2D eigenvalue weighted by Crippen LogP contribution is -2.63. The molecule has 0 N–H and O–H groups in total. The van der Waals surface area contributed by atoms with Gasteiger partial charge in [0.05, 0.1) is 0 Å². The van der Waals surface area contributed by atoms with Crippen molar-refractivity contribution in [1.82, 2.24) is 0 Å². The van der Waals surface area contributed by atoms with Crippen LogP contribution in [0.4, 0.5) is 0 Å². The third-order valence-corrected chi connectivity index (χ3v) is 4.66. The molecule has 0 unspecified atom stereocenters. The van der Waals surface area contributed by atoms with Gasteiger partial charge in [-0.1, -0.05) is 25.5 Å². The van der Waals surface area contributed by atoms with Gasteiger partial charge in [-0.05, 0) is 24.1 Å². The van der Waals surface area contributed by atoms with E-state index in [0.717, 1.165) is 32.3 Å². The highest BCUT2D eigenvalue weighted by atomic mass is 16.7. The van der Waals surface area contributed by atoms with Crippen molar-refractivity contribution >= 4 is 23.9 Å². The largest absolute Gasteiger partial charge is 0.463 e. The van der Waals surface area contributed by atoms with Gasteiger partial charge < -0.3 is 28.4 Å². The molecule has 1 aliphatic heterocycles. The van der Waals surface area contributed by atoms with Crippen LogP contribution in [0, 0.1) is 0 Å². The minimum atomic E-state index is -1.27. The molecule has 182 valence electrons. The van der Waals surface area contributed by atoms with E-state index in [2.05, 4.69) is 6.92 Å². The Labute approximate surface area is 192 Å². The summed E-state index contributed by atoms with van der Waals surface area (Å²) in [6.07, 6.45) is -4.17. The highest BCUT2D eigenvalue weighted by Gasteiger charge is 2.53. The van der Waals surface area contributed by atoms with E-state index in [0.29, 0.717) is 5.75 Å². The summed E-state index contributed by atoms with van der Waals surface area (Å²) in [6.45, 7) is 6.46. The second-order valence-electron chi connectivity index (χ2n) is 7.58. The van der Waals surface area contributed by atoms with Gasteiger partial charge in [0.15, 0.2) is 12.2 Å². The van der Waals surface area contributed by atoms with Crippen LogP contribution in [-0.2, 0) is 49.3 Å². The van der Waals surface area contributed by atoms with Crippen LogP contribution in [-0.4, -0.2) is 61.2 Å². The molecular weight excluding hydrogens is 436 g/mol. The van der Waals surface area contributed by atoms with Gasteiger partial charge >= 0.3 is 23.9 Å². The van der Waals surface area contributed by atoms with Crippen molar-refractivity contribution in [3.8, 4) is 5.75 Å². The SMILES string of the molecule is CCCc1ccc(O[C@@H]2O[C@H](COC(C)=O)[C@@H](OC(C)=O)[C@H](OC(C)=O)[C@H]2OC(C)=O)cc1. The molecule has 5 atom stereocenters. The maximum absolute atomic E-state index is 11.8. The number of hydrogen-bond donors (Lipinski definition) is 0. The number of esters is 4. The van der Waals surface area contributed by atoms with Crippen molar-refractivity contribution < 1.29 is 47.6 Å². The predicted octanol–water partition coefficient (Wildman–Crippen LogP) is 2.10. The Balaban J connectivity index is 2.40. The van der Waals surface area contributed by atoms with Crippen LogP contribution < -0.4 is 4.74 Å². The van der Waals surface area contributed by atoms with Gasteiger partial charge in [0.2, 0.25) is 12.4 Å². The summed E-state index contributed by atoms with van der Waals surface area (Å²) >= 11 is 0. The van der Waals surface area contributed by atoms with Crippen molar-refractivity contribution in [2.45, 2.75) is 78.2 Å². The zero-order valence-electron chi connectivity index (χ0n) is 19.4. The van der Waals surface area contributed by atoms with E-state index < -0.39 is 54.6 Å². The number of carbonyl (C=O) groups excluding carboxylic acids is 4. The normalized spacial score (nSPS) is 24.3. The summed E-state index contributed by atoms with van der Waals surface area (Å²) < 4.78 is 33.0. The van der Waals surface area contributed by atoms with E-state index in [1.807, 2.05) is 12.1 Å². The van der Waals surface area contributed by atoms with Crippen LogP contribution >= 0.6 is 0 Å². The van der Waals surface area contributed by atoms with Crippen molar-refractivity contribution in [1.29, 1.82) is 0 Å². The summed E-state index contributed by atoms with van der Waals surface area (Å²) in [7, 11) is 0. The molecule has 0 aromatic heterocycles. The highest BCUT2D eigenvalue weighted by Crippen LogP contribution is 2.31. The fourth-order valence-electron chi connectivity index (χ4n) is 3.44. The first kappa shape index (κ1) is 26.1. The first-order chi connectivity index (χ1) is 15.6. The first-order valence-corrected chi connectivity index (χ1v) is 10.7. The van der Waals surface area contributed by atoms with E-state index in [4.69, 9.17) is 28.4 Å². The quantitative estimate of drug-likeness (QED) is 0.395. The molecule has 1 fully saturated rings. The van der Waals surface area contributed by atoms with Crippen LogP contribution in [0.1, 0.15) is 46.6 Å². The first-order valence-electron chi connectivity index (χ1n) is 10.7. The molecule has 0 bridgehead atoms. The third kappa shape index (κ3) is 8.05. The minimum Gasteiger partial charge on any atom is -0.463 e. The average molecular weight is 466 g/mol. The van der Waals surface area contributed by atoms with Gasteiger partial charge in [0.1, 0.15) is 18.5 Å². The Bertz CT molecular complexity index is 834. The topological polar surface area (TPSA) is 124 Å². The van der Waals surface area contributed by atoms with Gasteiger partial charge in [-0.2, -0.15) is 0 Å². The maximum Gasteiger partial charge on any atom is 0.303 e. The summed E-state index contributed by atoms with van der Waals surface area (Å²) in [5.41, 5.74) is 1.12. The number of rotatable bonds is 9. The lowest BCUT2D eigenvalue weighted by Gasteiger charge is -2.43. The second kappa shape index (κ2) is 12.2. The molecule has 10 nitrogen and oxygen atoms in total. The van der Waals surface area contributed by atoms with Crippen LogP contribution in [0.25, 0.3) is 0 Å². The fraction of sp³-hybridized carbons (Fsp3) is 0.565. The maximum atomic E-state index is 11.8. The minimum absolute atomic E-state index is 0.312. The Kier molecular flexibility index (Phi) is 9.65. The Hall–Kier alpha value is -3.14. The average Bonchev–Trinajstić information content (AvgIpc) is 2.71. The fourth-order valence-corrected chi connectivity index (χ4v) is 3.44. The zero-order chi connectivity index (χ0) is 24.5. The lowest BCUT2D eigenvalue weighted by molar-refractivity contribution is -0.288. The van der Waals surface area contributed by atoms with Crippen molar-refractivity contribution in [2.24, 2.45) is 0 Å². The van der Waals surface area contributed by atoms with Gasteiger partial charge in [-0.25, -0.2) is 0 Å². The molecule has 2 rings (SSSR count). The van der Waals surface area contributed by atoms with E-state index in [9.17, 15) is 19.2 Å². The number of ether oxygens (including phenoxy) is 6. The van der Waals surface area contributed by atoms with Gasteiger partial charge in [-0.3, -0.25) is 19.2 Å². The number of benzene rings is 1. The summed E-state index contributed by atoms with van der Waals surface area (Å²) in [4.78, 5) is 46.8. The molecular formula is C23H30O10. The molecule has 10 heteroatoms. The molecule has 0 amide bonds. The zero-order valence-corrected chi connectivity index (χ0v) is 19.4. The number of carbonyl (C=O) groups is 4. The Morgan fingerprint density at radius 3 is 1.85 bits per heavy atom. The molecule has 1 aromatic carbocycles. The van der Waals surface area contributed by atoms with E-state index in [1.54, 1.807) is 12.1 Å². The van der Waals surface area contributed by atoms with E-state index >= 15 is 0 Å². The van der Waals surface area contributed by atoms with Gasteiger partial charge in [0, 0.05) is 27.7 Å². The second-order valence-corrected chi connectivity index (χ2v) is 7.58. The third-order valence-electron chi connectivity index (χ3n) is 4.66. The summed E-state index contributed by atoms with van der Waals surface area (Å²) in [5, 5.41) is 0. The van der Waals surface area contributed by atoms with Crippen molar-refractivity contribution in [3.63, 3.8) is 0 Å². The Morgan fingerprint density at radius 1 is 0.788 bits per heavy atom. The summed E-state index contributed by atoms with van der Waals surface area (Å²) in [6, 6.07) is 7.26. The van der Waals surface area contributed by atoms with Crippen molar-refractivity contribution in [2.75, 3.05) is 6.61 Å². The number of aryl methyl sites for hydroxylation is 1. The molecule has 0 spiro atoms. The Morgan fingerprint density at radius 2 is 1.33 bits per heavy atom. The molecule has 0 radical (unpaired) electrons. The van der Waals surface area contributed by atoms with Crippen LogP contribution in [0.3, 0.4) is 0 Å². The van der Waals surface area contributed by atoms with E-state index in [-0.39, 0.29) is 6.61 Å². The van der Waals surface area contributed by atoms with Gasteiger partial charge in [-0.15, -0.1) is 0 Å². The number of hydrogen-bond acceptors (Lipinski definition) is 10. The van der Waals surface area contributed by atoms with Crippen LogP contribution in [0.15, 0.2) is 24.3 Å². The monoisotopic (exact) mass is 466 g/mol. The van der Waals surface area contributed by atoms with Crippen LogP contribution in [0.5, 0.6) is 5.75 Å². The van der Waals surface area contributed by atoms with Gasteiger partial charge in [0.25, 0.3) is 0 Å². The van der Waals surface area contributed by atoms with E-state index in [1.165, 1.54) is 13.8 Å². The predicted molar refractivity (Wildman–Crippen MR) is 113 cm³/mol.